The fraction of sp³-hybridized carbons (Fsp3) is 0.308. The highest BCUT2D eigenvalue weighted by molar-refractivity contribution is 8.14. The summed E-state index contributed by atoms with van der Waals surface area (Å²) >= 11 is 1.38. The number of carbonyl (C=O) groups is 1. The summed E-state index contributed by atoms with van der Waals surface area (Å²) < 4.78 is 15.4. The number of phenolic OH excluding ortho intramolecular Hbond substituents is 2. The molecule has 2 aromatic rings. The van der Waals surface area contributed by atoms with Gasteiger partial charge >= 0.3 is 0 Å². The van der Waals surface area contributed by atoms with Gasteiger partial charge < -0.3 is 29.5 Å². The molecule has 35 heavy (non-hydrogen) atoms. The molecule has 2 aromatic carbocycles. The molecule has 8 nitrogen and oxygen atoms in total. The zero-order valence-corrected chi connectivity index (χ0v) is 20.7. The van der Waals surface area contributed by atoms with Crippen LogP contribution in [0.1, 0.15) is 29.2 Å². The number of aliphatic imine (C=N–C) groups is 1. The molecule has 0 bridgehead atoms. The van der Waals surface area contributed by atoms with Crippen LogP contribution in [-0.2, 0) is 9.53 Å². The van der Waals surface area contributed by atoms with E-state index in [1.54, 1.807) is 37.5 Å². The van der Waals surface area contributed by atoms with Crippen molar-refractivity contribution in [1.29, 1.82) is 0 Å². The zero-order chi connectivity index (χ0) is 25.4. The highest BCUT2D eigenvalue weighted by Gasteiger charge is 2.33. The van der Waals surface area contributed by atoms with E-state index in [0.717, 1.165) is 5.56 Å². The van der Waals surface area contributed by atoms with Crippen molar-refractivity contribution in [2.45, 2.75) is 18.1 Å². The first-order valence-corrected chi connectivity index (χ1v) is 11.8. The highest BCUT2D eigenvalue weighted by Crippen LogP contribution is 2.43. The van der Waals surface area contributed by atoms with Gasteiger partial charge in [0, 0.05) is 31.9 Å². The number of Topliss-reactive ketones (excluding diaryl/α,β-unsaturated/α-hetero) is 1. The number of rotatable bonds is 9. The van der Waals surface area contributed by atoms with Crippen LogP contribution in [-0.4, -0.2) is 60.6 Å². The predicted molar refractivity (Wildman–Crippen MR) is 137 cm³/mol. The van der Waals surface area contributed by atoms with Crippen LogP contribution in [0.3, 0.4) is 0 Å². The third-order valence-corrected chi connectivity index (χ3v) is 6.63. The van der Waals surface area contributed by atoms with Gasteiger partial charge in [-0.25, -0.2) is 0 Å². The second-order valence-corrected chi connectivity index (χ2v) is 8.91. The smallest absolute Gasteiger partial charge is 0.170 e. The summed E-state index contributed by atoms with van der Waals surface area (Å²) in [7, 11) is 4.53. The van der Waals surface area contributed by atoms with Gasteiger partial charge in [0.2, 0.25) is 0 Å². The molecule has 1 heterocycles. The molecule has 1 aliphatic heterocycles. The molecule has 0 aromatic heterocycles. The zero-order valence-electron chi connectivity index (χ0n) is 19.9. The van der Waals surface area contributed by atoms with Crippen molar-refractivity contribution in [3.05, 3.63) is 64.9 Å². The fourth-order valence-electron chi connectivity index (χ4n) is 3.52. The van der Waals surface area contributed by atoms with E-state index in [2.05, 4.69) is 4.99 Å². The monoisotopic (exact) mass is 499 g/mol. The number of thioether (sulfide) groups is 1. The van der Waals surface area contributed by atoms with Crippen molar-refractivity contribution in [3.63, 3.8) is 0 Å². The molecular weight excluding hydrogens is 470 g/mol. The first kappa shape index (κ1) is 26.2. The van der Waals surface area contributed by atoms with E-state index < -0.39 is 0 Å². The number of phenols is 2. The molecule has 3 N–H and O–H groups in total. The second-order valence-electron chi connectivity index (χ2n) is 7.72. The van der Waals surface area contributed by atoms with E-state index >= 15 is 0 Å². The average molecular weight is 500 g/mol. The van der Waals surface area contributed by atoms with Crippen molar-refractivity contribution >= 4 is 28.7 Å². The number of ketones is 1. The summed E-state index contributed by atoms with van der Waals surface area (Å²) in [6.07, 6.45) is 3.88. The Kier molecular flexibility index (Phi) is 9.22. The Morgan fingerprint density at radius 2 is 1.77 bits per heavy atom. The van der Waals surface area contributed by atoms with Crippen LogP contribution in [0.5, 0.6) is 23.0 Å². The largest absolute Gasteiger partial charge is 0.507 e. The Morgan fingerprint density at radius 3 is 2.46 bits per heavy atom. The van der Waals surface area contributed by atoms with Gasteiger partial charge in [-0.15, -0.1) is 0 Å². The summed E-state index contributed by atoms with van der Waals surface area (Å²) in [5, 5.41) is 30.7. The van der Waals surface area contributed by atoms with Crippen molar-refractivity contribution in [2.24, 2.45) is 4.99 Å². The van der Waals surface area contributed by atoms with E-state index in [0.29, 0.717) is 41.7 Å². The Balaban J connectivity index is 1.93. The molecule has 1 saturated heterocycles. The summed E-state index contributed by atoms with van der Waals surface area (Å²) in [5.41, 5.74) is 1.65. The molecule has 1 aliphatic rings. The first-order chi connectivity index (χ1) is 16.9. The number of carbonyl (C=O) groups excluding carboxylic acids is 1. The molecule has 9 heteroatoms. The number of methoxy groups -OCH3 is 3. The number of aliphatic hydroxyl groups excluding tert-OH is 1. The van der Waals surface area contributed by atoms with Crippen LogP contribution < -0.4 is 9.47 Å². The van der Waals surface area contributed by atoms with Crippen molar-refractivity contribution < 1.29 is 34.3 Å². The lowest BCUT2D eigenvalue weighted by molar-refractivity contribution is -0.115. The van der Waals surface area contributed by atoms with Gasteiger partial charge in [0.05, 0.1) is 19.8 Å². The third-order valence-electron chi connectivity index (χ3n) is 5.35. The van der Waals surface area contributed by atoms with Gasteiger partial charge in [0.25, 0.3) is 0 Å². The quantitative estimate of drug-likeness (QED) is 0.255. The number of nitrogens with zero attached hydrogens (tertiary/aromatic N) is 1. The van der Waals surface area contributed by atoms with Gasteiger partial charge in [-0.1, -0.05) is 30.0 Å². The van der Waals surface area contributed by atoms with Gasteiger partial charge in [-0.2, -0.15) is 0 Å². The Labute approximate surface area is 208 Å². The minimum atomic E-state index is -0.250. The Hall–Kier alpha value is -3.43. The van der Waals surface area contributed by atoms with Crippen LogP contribution in [0.4, 0.5) is 0 Å². The normalized spacial score (nSPS) is 18.8. The van der Waals surface area contributed by atoms with Gasteiger partial charge in [0.1, 0.15) is 10.8 Å². The van der Waals surface area contributed by atoms with E-state index in [1.807, 2.05) is 0 Å². The predicted octanol–water partition coefficient (Wildman–Crippen LogP) is 4.82. The number of ether oxygens (including phenoxy) is 3. The van der Waals surface area contributed by atoms with Crippen LogP contribution in [0.25, 0.3) is 6.08 Å². The van der Waals surface area contributed by atoms with Crippen LogP contribution in [0, 0.1) is 0 Å². The molecule has 0 saturated carbocycles. The van der Waals surface area contributed by atoms with Crippen LogP contribution in [0.2, 0.25) is 0 Å². The Bertz CT molecular complexity index is 1160. The first-order valence-electron chi connectivity index (χ1n) is 11.0. The lowest BCUT2D eigenvalue weighted by Crippen LogP contribution is -2.22. The van der Waals surface area contributed by atoms with Crippen LogP contribution in [0.15, 0.2) is 58.8 Å². The number of aromatic hydroxyl groups is 2. The van der Waals surface area contributed by atoms with Gasteiger partial charge in [0.15, 0.2) is 28.8 Å². The fourth-order valence-corrected chi connectivity index (χ4v) is 4.81. The number of allylic oxidation sites excluding steroid dienone is 1. The SMILES string of the molecule is COCCCN=C1SC(c2ccc(O)c(OC)c2)CC(=O)C1=C(O)C=Cc1ccc(O)c(OC)c1. The molecule has 1 atom stereocenters. The molecule has 0 aliphatic carbocycles. The van der Waals surface area contributed by atoms with Crippen LogP contribution >= 0.6 is 11.8 Å². The second kappa shape index (κ2) is 12.3. The third kappa shape index (κ3) is 6.58. The summed E-state index contributed by atoms with van der Waals surface area (Å²) in [5.74, 6) is 0.222. The number of hydrogen-bond acceptors (Lipinski definition) is 9. The maximum Gasteiger partial charge on any atom is 0.170 e. The standard InChI is InChI=1S/C26H29NO7S/c1-32-12-4-11-27-26-25(20(30)9-6-16-5-8-18(28)22(13-16)33-2)21(31)15-24(35-26)17-7-10-19(29)23(14-17)34-3/h5-10,13-14,24,28-30H,4,11-12,15H2,1-3H3. The van der Waals surface area contributed by atoms with E-state index in [9.17, 15) is 20.1 Å². The highest BCUT2D eigenvalue weighted by atomic mass is 32.2. The molecule has 1 unspecified atom stereocenters. The molecular formula is C26H29NO7S. The molecule has 0 amide bonds. The summed E-state index contributed by atoms with van der Waals surface area (Å²) in [4.78, 5) is 17.8. The van der Waals surface area contributed by atoms with Crippen molar-refractivity contribution in [2.75, 3.05) is 34.5 Å². The van der Waals surface area contributed by atoms with E-state index in [1.165, 1.54) is 44.2 Å². The molecule has 0 spiro atoms. The summed E-state index contributed by atoms with van der Waals surface area (Å²) in [6.45, 7) is 0.965. The lowest BCUT2D eigenvalue weighted by atomic mass is 10.00. The number of benzene rings is 2. The summed E-state index contributed by atoms with van der Waals surface area (Å²) in [6, 6.07) is 9.76. The van der Waals surface area contributed by atoms with E-state index in [-0.39, 0.29) is 40.3 Å². The topological polar surface area (TPSA) is 118 Å². The number of hydrogen-bond donors (Lipinski definition) is 3. The van der Waals surface area contributed by atoms with Gasteiger partial charge in [-0.3, -0.25) is 9.79 Å². The average Bonchev–Trinajstić information content (AvgIpc) is 2.86. The Morgan fingerprint density at radius 1 is 1.09 bits per heavy atom. The molecule has 186 valence electrons. The lowest BCUT2D eigenvalue weighted by Gasteiger charge is -2.25. The van der Waals surface area contributed by atoms with Crippen molar-refractivity contribution in [3.8, 4) is 23.0 Å². The number of aliphatic hydroxyl groups is 1. The molecule has 1 fully saturated rings. The van der Waals surface area contributed by atoms with E-state index in [4.69, 9.17) is 14.2 Å². The molecule has 3 rings (SSSR count). The maximum absolute atomic E-state index is 13.2. The molecule has 0 radical (unpaired) electrons. The maximum atomic E-state index is 13.2. The minimum absolute atomic E-state index is 0.00784. The van der Waals surface area contributed by atoms with Crippen molar-refractivity contribution in [1.82, 2.24) is 0 Å². The minimum Gasteiger partial charge on any atom is -0.507 e. The van der Waals surface area contributed by atoms with Gasteiger partial charge in [-0.05, 0) is 47.9 Å².